The third kappa shape index (κ3) is 3.61. The van der Waals surface area contributed by atoms with Crippen LogP contribution in [0.1, 0.15) is 21.5 Å². The van der Waals surface area contributed by atoms with E-state index in [-0.39, 0.29) is 12.0 Å². The van der Waals surface area contributed by atoms with Gasteiger partial charge in [0.15, 0.2) is 0 Å². The molecule has 132 valence electrons. The number of benzene rings is 2. The molecule has 1 heterocycles. The average Bonchev–Trinajstić information content (AvgIpc) is 2.62. The first-order valence-electron chi connectivity index (χ1n) is 8.07. The van der Waals surface area contributed by atoms with E-state index in [1.54, 1.807) is 30.3 Å². The summed E-state index contributed by atoms with van der Waals surface area (Å²) in [5.74, 6) is -0.849. The molecule has 26 heavy (non-hydrogen) atoms. The monoisotopic (exact) mass is 350 g/mol. The lowest BCUT2D eigenvalue weighted by Gasteiger charge is -2.11. The van der Waals surface area contributed by atoms with Crippen LogP contribution >= 0.6 is 0 Å². The summed E-state index contributed by atoms with van der Waals surface area (Å²) in [4.78, 5) is 36.2. The lowest BCUT2D eigenvalue weighted by molar-refractivity contribution is -0.122. The molecule has 2 N–H and O–H groups in total. The predicted octanol–water partition coefficient (Wildman–Crippen LogP) is 1.47. The topological polar surface area (TPSA) is 93.1 Å². The molecule has 3 rings (SSSR count). The molecule has 1 aromatic heterocycles. The summed E-state index contributed by atoms with van der Waals surface area (Å²) in [6.45, 7) is 3.65. The van der Waals surface area contributed by atoms with Crippen LogP contribution in [0.2, 0.25) is 0 Å². The van der Waals surface area contributed by atoms with Crippen molar-refractivity contribution in [2.45, 2.75) is 20.4 Å². The normalized spacial score (nSPS) is 10.5. The number of hydrazine groups is 1. The van der Waals surface area contributed by atoms with Crippen LogP contribution in [0.4, 0.5) is 0 Å². The summed E-state index contributed by atoms with van der Waals surface area (Å²) in [7, 11) is 0. The number of rotatable bonds is 3. The van der Waals surface area contributed by atoms with Gasteiger partial charge in [-0.1, -0.05) is 29.8 Å². The summed E-state index contributed by atoms with van der Waals surface area (Å²) in [5, 5.41) is 4.47. The molecule has 7 heteroatoms. The van der Waals surface area contributed by atoms with Gasteiger partial charge in [-0.25, -0.2) is 0 Å². The van der Waals surface area contributed by atoms with Gasteiger partial charge in [-0.15, -0.1) is 0 Å². The van der Waals surface area contributed by atoms with Gasteiger partial charge in [0.1, 0.15) is 6.54 Å². The Labute approximate surface area is 149 Å². The number of aromatic nitrogens is 2. The van der Waals surface area contributed by atoms with E-state index in [1.165, 1.54) is 10.9 Å². The van der Waals surface area contributed by atoms with Crippen molar-refractivity contribution in [2.75, 3.05) is 0 Å². The van der Waals surface area contributed by atoms with Crippen LogP contribution in [0.5, 0.6) is 0 Å². The zero-order valence-electron chi connectivity index (χ0n) is 14.4. The van der Waals surface area contributed by atoms with Crippen LogP contribution < -0.4 is 16.3 Å². The van der Waals surface area contributed by atoms with Crippen LogP contribution in [0.25, 0.3) is 10.9 Å². The summed E-state index contributed by atoms with van der Waals surface area (Å²) in [6, 6.07) is 12.3. The predicted molar refractivity (Wildman–Crippen MR) is 97.5 cm³/mol. The van der Waals surface area contributed by atoms with Crippen molar-refractivity contribution in [2.24, 2.45) is 0 Å². The first kappa shape index (κ1) is 17.3. The molecular weight excluding hydrogens is 332 g/mol. The number of para-hydroxylation sites is 1. The number of carbonyl (C=O) groups is 2. The molecule has 0 aliphatic carbocycles. The largest absolute Gasteiger partial charge is 0.287 e. The molecule has 0 aliphatic heterocycles. The number of carbonyl (C=O) groups excluding carboxylic acids is 2. The van der Waals surface area contributed by atoms with Gasteiger partial charge >= 0.3 is 0 Å². The van der Waals surface area contributed by atoms with Crippen molar-refractivity contribution in [1.29, 1.82) is 0 Å². The quantitative estimate of drug-likeness (QED) is 0.700. The smallest absolute Gasteiger partial charge is 0.269 e. The van der Waals surface area contributed by atoms with E-state index in [0.717, 1.165) is 11.1 Å². The Balaban J connectivity index is 1.69. The number of amides is 2. The summed E-state index contributed by atoms with van der Waals surface area (Å²) < 4.78 is 1.41. The second kappa shape index (κ2) is 7.18. The lowest BCUT2D eigenvalue weighted by atomic mass is 10.1. The maximum absolute atomic E-state index is 12.2. The van der Waals surface area contributed by atoms with Crippen LogP contribution in [-0.2, 0) is 11.3 Å². The van der Waals surface area contributed by atoms with Gasteiger partial charge < -0.3 is 0 Å². The van der Waals surface area contributed by atoms with E-state index in [1.807, 2.05) is 26.0 Å². The Hall–Kier alpha value is -3.48. The van der Waals surface area contributed by atoms with Crippen LogP contribution in [0.3, 0.4) is 0 Å². The summed E-state index contributed by atoms with van der Waals surface area (Å²) in [6.07, 6.45) is 1.17. The Kier molecular flexibility index (Phi) is 4.79. The van der Waals surface area contributed by atoms with Gasteiger partial charge in [-0.3, -0.25) is 29.9 Å². The molecule has 2 amide bonds. The van der Waals surface area contributed by atoms with Crippen molar-refractivity contribution in [3.8, 4) is 0 Å². The van der Waals surface area contributed by atoms with E-state index in [2.05, 4.69) is 16.0 Å². The third-order valence-electron chi connectivity index (χ3n) is 4.00. The molecule has 2 aromatic carbocycles. The molecule has 0 fully saturated rings. The van der Waals surface area contributed by atoms with Gasteiger partial charge in [-0.2, -0.15) is 5.10 Å². The molecule has 0 saturated heterocycles. The van der Waals surface area contributed by atoms with Crippen molar-refractivity contribution < 1.29 is 9.59 Å². The maximum atomic E-state index is 12.2. The molecule has 0 spiro atoms. The van der Waals surface area contributed by atoms with E-state index < -0.39 is 11.8 Å². The molecule has 0 aliphatic rings. The van der Waals surface area contributed by atoms with Gasteiger partial charge in [0.25, 0.3) is 11.8 Å². The molecule has 0 saturated carbocycles. The zero-order valence-corrected chi connectivity index (χ0v) is 14.4. The second-order valence-electron chi connectivity index (χ2n) is 6.00. The van der Waals surface area contributed by atoms with Crippen molar-refractivity contribution in [3.63, 3.8) is 0 Å². The van der Waals surface area contributed by atoms with E-state index in [0.29, 0.717) is 16.5 Å². The molecule has 0 radical (unpaired) electrons. The highest BCUT2D eigenvalue weighted by Gasteiger charge is 2.12. The van der Waals surface area contributed by atoms with E-state index in [4.69, 9.17) is 0 Å². The minimum atomic E-state index is -0.454. The Morgan fingerprint density at radius 2 is 1.85 bits per heavy atom. The van der Waals surface area contributed by atoms with E-state index in [9.17, 15) is 14.4 Å². The van der Waals surface area contributed by atoms with Crippen LogP contribution in [0, 0.1) is 13.8 Å². The molecule has 7 nitrogen and oxygen atoms in total. The maximum Gasteiger partial charge on any atom is 0.269 e. The van der Waals surface area contributed by atoms with Gasteiger partial charge in [0.2, 0.25) is 5.43 Å². The summed E-state index contributed by atoms with van der Waals surface area (Å²) in [5.41, 5.74) is 7.48. The highest BCUT2D eigenvalue weighted by atomic mass is 16.2. The molecular formula is C19H18N4O3. The molecule has 0 unspecified atom stereocenters. The number of nitrogens with one attached hydrogen (secondary N) is 2. The standard InChI is InChI=1S/C19H18N4O3/c1-12-7-8-14(13(2)9-12)19(26)22-21-18(25)11-23-16-6-4-3-5-15(16)17(24)10-20-23/h3-10H,11H2,1-2H3,(H,21,25)(H,22,26). The zero-order chi connectivity index (χ0) is 18.7. The average molecular weight is 350 g/mol. The van der Waals surface area contributed by atoms with Crippen molar-refractivity contribution in [1.82, 2.24) is 20.6 Å². The van der Waals surface area contributed by atoms with Crippen molar-refractivity contribution >= 4 is 22.7 Å². The number of fused-ring (bicyclic) bond motifs is 1. The Bertz CT molecular complexity index is 1060. The first-order chi connectivity index (χ1) is 12.5. The van der Waals surface area contributed by atoms with Gasteiger partial charge in [0, 0.05) is 10.9 Å². The molecule has 0 bridgehead atoms. The fraction of sp³-hybridized carbons (Fsp3) is 0.158. The fourth-order valence-electron chi connectivity index (χ4n) is 2.72. The molecule has 3 aromatic rings. The first-order valence-corrected chi connectivity index (χ1v) is 8.07. The Morgan fingerprint density at radius 1 is 1.08 bits per heavy atom. The second-order valence-corrected chi connectivity index (χ2v) is 6.00. The van der Waals surface area contributed by atoms with Crippen LogP contribution in [0.15, 0.2) is 53.5 Å². The highest BCUT2D eigenvalue weighted by molar-refractivity contribution is 5.96. The number of hydrogen-bond donors (Lipinski definition) is 2. The van der Waals surface area contributed by atoms with Crippen LogP contribution in [-0.4, -0.2) is 21.6 Å². The fourth-order valence-corrected chi connectivity index (χ4v) is 2.72. The van der Waals surface area contributed by atoms with Crippen molar-refractivity contribution in [3.05, 3.63) is 75.6 Å². The summed E-state index contributed by atoms with van der Waals surface area (Å²) >= 11 is 0. The third-order valence-corrected chi connectivity index (χ3v) is 4.00. The molecule has 0 atom stereocenters. The minimum Gasteiger partial charge on any atom is -0.287 e. The number of aryl methyl sites for hydroxylation is 2. The van der Waals surface area contributed by atoms with Gasteiger partial charge in [0.05, 0.1) is 11.7 Å². The van der Waals surface area contributed by atoms with E-state index >= 15 is 0 Å². The SMILES string of the molecule is Cc1ccc(C(=O)NNC(=O)Cn2ncc(=O)c3ccccc32)c(C)c1. The van der Waals surface area contributed by atoms with Gasteiger partial charge in [-0.05, 0) is 37.6 Å². The lowest BCUT2D eigenvalue weighted by Crippen LogP contribution is -2.43. The number of hydrogen-bond acceptors (Lipinski definition) is 4. The minimum absolute atomic E-state index is 0.131. The highest BCUT2D eigenvalue weighted by Crippen LogP contribution is 2.10. The Morgan fingerprint density at radius 3 is 2.62 bits per heavy atom. The number of nitrogens with zero attached hydrogens (tertiary/aromatic N) is 2.